The lowest BCUT2D eigenvalue weighted by Crippen LogP contribution is -2.45. The Bertz CT molecular complexity index is 1090. The average molecular weight is 425 g/mol. The molecule has 0 saturated carbocycles. The highest BCUT2D eigenvalue weighted by molar-refractivity contribution is 7.17. The van der Waals surface area contributed by atoms with E-state index in [9.17, 15) is 9.59 Å². The highest BCUT2D eigenvalue weighted by Gasteiger charge is 2.49. The van der Waals surface area contributed by atoms with Gasteiger partial charge in [-0.05, 0) is 44.8 Å². The van der Waals surface area contributed by atoms with Crippen molar-refractivity contribution in [2.45, 2.75) is 12.8 Å². The molecule has 0 fully saturated rings. The van der Waals surface area contributed by atoms with E-state index in [4.69, 9.17) is 9.47 Å². The van der Waals surface area contributed by atoms with Crippen LogP contribution >= 0.6 is 22.7 Å². The number of hydrogen-bond donors (Lipinski definition) is 0. The van der Waals surface area contributed by atoms with Crippen LogP contribution in [0.25, 0.3) is 20.2 Å². The molecule has 2 aromatic carbocycles. The van der Waals surface area contributed by atoms with Crippen LogP contribution in [0.2, 0.25) is 0 Å². The van der Waals surface area contributed by atoms with E-state index in [-0.39, 0.29) is 12.8 Å². The maximum absolute atomic E-state index is 13.0. The van der Waals surface area contributed by atoms with Crippen molar-refractivity contribution in [2.24, 2.45) is 5.41 Å². The Morgan fingerprint density at radius 1 is 0.759 bits per heavy atom. The minimum Gasteiger partial charge on any atom is -0.468 e. The van der Waals surface area contributed by atoms with Crippen molar-refractivity contribution in [3.63, 3.8) is 0 Å². The largest absolute Gasteiger partial charge is 0.468 e. The molecule has 0 amide bonds. The molecule has 0 spiro atoms. The summed E-state index contributed by atoms with van der Waals surface area (Å²) in [6.45, 7) is 0. The summed E-state index contributed by atoms with van der Waals surface area (Å²) in [5, 5.41) is 6.11. The molecule has 2 heterocycles. The van der Waals surface area contributed by atoms with Crippen LogP contribution in [0.3, 0.4) is 0 Å². The second-order valence-corrected chi connectivity index (χ2v) is 8.76. The van der Waals surface area contributed by atoms with E-state index in [0.717, 1.165) is 31.3 Å². The SMILES string of the molecule is COC(=O)C(Cc1csc2ccccc12)(Cc1csc2ccccc12)C(=O)OC. The third-order valence-corrected chi connectivity index (χ3v) is 7.28. The number of methoxy groups -OCH3 is 2. The Hall–Kier alpha value is -2.70. The van der Waals surface area contributed by atoms with Crippen molar-refractivity contribution in [1.82, 2.24) is 0 Å². The van der Waals surface area contributed by atoms with Crippen molar-refractivity contribution >= 4 is 54.8 Å². The predicted octanol–water partition coefficient (Wildman–Crippen LogP) is 5.23. The van der Waals surface area contributed by atoms with Crippen molar-refractivity contribution in [1.29, 1.82) is 0 Å². The van der Waals surface area contributed by atoms with E-state index in [0.29, 0.717) is 0 Å². The zero-order chi connectivity index (χ0) is 20.4. The van der Waals surface area contributed by atoms with Crippen molar-refractivity contribution in [3.05, 3.63) is 70.4 Å². The number of fused-ring (bicyclic) bond motifs is 2. The molecule has 0 N–H and O–H groups in total. The Labute approximate surface area is 176 Å². The summed E-state index contributed by atoms with van der Waals surface area (Å²) < 4.78 is 12.5. The van der Waals surface area contributed by atoms with Gasteiger partial charge in [0, 0.05) is 22.2 Å². The molecular weight excluding hydrogens is 404 g/mol. The van der Waals surface area contributed by atoms with Crippen molar-refractivity contribution < 1.29 is 19.1 Å². The Morgan fingerprint density at radius 3 is 1.59 bits per heavy atom. The Kier molecular flexibility index (Phi) is 5.39. The maximum Gasteiger partial charge on any atom is 0.323 e. The molecule has 0 saturated heterocycles. The summed E-state index contributed by atoms with van der Waals surface area (Å²) in [4.78, 5) is 26.1. The van der Waals surface area contributed by atoms with Crippen LogP contribution in [0.1, 0.15) is 11.1 Å². The van der Waals surface area contributed by atoms with Crippen molar-refractivity contribution in [2.75, 3.05) is 14.2 Å². The molecule has 148 valence electrons. The third-order valence-electron chi connectivity index (χ3n) is 5.26. The van der Waals surface area contributed by atoms with Crippen LogP contribution < -0.4 is 0 Å². The number of rotatable bonds is 6. The van der Waals surface area contributed by atoms with Gasteiger partial charge in [0.15, 0.2) is 5.41 Å². The van der Waals surface area contributed by atoms with E-state index < -0.39 is 17.4 Å². The van der Waals surface area contributed by atoms with Crippen LogP contribution in [0.4, 0.5) is 0 Å². The van der Waals surface area contributed by atoms with Gasteiger partial charge in [0.1, 0.15) is 0 Å². The van der Waals surface area contributed by atoms with Crippen LogP contribution in [-0.4, -0.2) is 26.2 Å². The van der Waals surface area contributed by atoms with Crippen LogP contribution in [0.5, 0.6) is 0 Å². The standard InChI is InChI=1S/C23H20O4S2/c1-26-21(24)23(22(25)27-2,11-15-13-28-19-9-5-3-7-17(15)19)12-16-14-29-20-10-6-4-8-18(16)20/h3-10,13-14H,11-12H2,1-2H3. The summed E-state index contributed by atoms with van der Waals surface area (Å²) >= 11 is 3.20. The second kappa shape index (κ2) is 7.97. The topological polar surface area (TPSA) is 52.6 Å². The molecule has 4 aromatic rings. The fourth-order valence-corrected chi connectivity index (χ4v) is 5.74. The number of esters is 2. The summed E-state index contributed by atoms with van der Waals surface area (Å²) in [6, 6.07) is 16.0. The maximum atomic E-state index is 13.0. The normalized spacial score (nSPS) is 11.7. The molecule has 29 heavy (non-hydrogen) atoms. The smallest absolute Gasteiger partial charge is 0.323 e. The molecule has 0 aliphatic carbocycles. The minimum atomic E-state index is -1.45. The molecule has 4 rings (SSSR count). The quantitative estimate of drug-likeness (QED) is 0.314. The first-order valence-electron chi connectivity index (χ1n) is 9.16. The molecule has 2 aromatic heterocycles. The molecule has 0 radical (unpaired) electrons. The fourth-order valence-electron chi connectivity index (χ4n) is 3.81. The molecule has 0 unspecified atom stereocenters. The molecule has 0 aliphatic heterocycles. The predicted molar refractivity (Wildman–Crippen MR) is 118 cm³/mol. The molecule has 0 atom stereocenters. The number of benzene rings is 2. The van der Waals surface area contributed by atoms with Gasteiger partial charge in [0.25, 0.3) is 0 Å². The van der Waals surface area contributed by atoms with E-state index in [1.54, 1.807) is 22.7 Å². The molecule has 0 aliphatic rings. The van der Waals surface area contributed by atoms with Gasteiger partial charge < -0.3 is 9.47 Å². The van der Waals surface area contributed by atoms with Gasteiger partial charge >= 0.3 is 11.9 Å². The van der Waals surface area contributed by atoms with E-state index >= 15 is 0 Å². The summed E-state index contributed by atoms with van der Waals surface area (Å²) in [6.07, 6.45) is 0.446. The monoisotopic (exact) mass is 424 g/mol. The van der Waals surface area contributed by atoms with E-state index in [1.165, 1.54) is 14.2 Å². The molecule has 4 nitrogen and oxygen atoms in total. The summed E-state index contributed by atoms with van der Waals surface area (Å²) in [7, 11) is 2.63. The minimum absolute atomic E-state index is 0.223. The number of carbonyl (C=O) groups excluding carboxylic acids is 2. The Morgan fingerprint density at radius 2 is 1.17 bits per heavy atom. The van der Waals surface area contributed by atoms with Gasteiger partial charge in [-0.3, -0.25) is 9.59 Å². The number of carbonyl (C=O) groups is 2. The first-order valence-corrected chi connectivity index (χ1v) is 10.9. The van der Waals surface area contributed by atoms with Gasteiger partial charge in [-0.15, -0.1) is 22.7 Å². The Balaban J connectivity index is 1.84. The van der Waals surface area contributed by atoms with Gasteiger partial charge in [0.05, 0.1) is 14.2 Å². The highest BCUT2D eigenvalue weighted by atomic mass is 32.1. The van der Waals surface area contributed by atoms with Crippen molar-refractivity contribution in [3.8, 4) is 0 Å². The third kappa shape index (κ3) is 3.43. The lowest BCUT2D eigenvalue weighted by Gasteiger charge is -2.28. The average Bonchev–Trinajstić information content (AvgIpc) is 3.36. The fraction of sp³-hybridized carbons (Fsp3) is 0.217. The van der Waals surface area contributed by atoms with E-state index in [2.05, 4.69) is 0 Å². The first kappa shape index (κ1) is 19.6. The molecule has 0 bridgehead atoms. The van der Waals surface area contributed by atoms with E-state index in [1.807, 2.05) is 59.3 Å². The number of hydrogen-bond acceptors (Lipinski definition) is 6. The highest BCUT2D eigenvalue weighted by Crippen LogP contribution is 2.38. The summed E-state index contributed by atoms with van der Waals surface area (Å²) in [5.41, 5.74) is 0.443. The molecular formula is C23H20O4S2. The zero-order valence-electron chi connectivity index (χ0n) is 16.1. The summed E-state index contributed by atoms with van der Waals surface area (Å²) in [5.74, 6) is -1.15. The first-order chi connectivity index (χ1) is 14.1. The number of thiophene rings is 2. The van der Waals surface area contributed by atoms with Gasteiger partial charge in [0.2, 0.25) is 0 Å². The lowest BCUT2D eigenvalue weighted by molar-refractivity contribution is -0.169. The van der Waals surface area contributed by atoms with Crippen LogP contribution in [0, 0.1) is 5.41 Å². The molecule has 6 heteroatoms. The van der Waals surface area contributed by atoms with Gasteiger partial charge in [-0.25, -0.2) is 0 Å². The van der Waals surface area contributed by atoms with Gasteiger partial charge in [-0.1, -0.05) is 36.4 Å². The van der Waals surface area contributed by atoms with Crippen LogP contribution in [-0.2, 0) is 31.9 Å². The number of ether oxygens (including phenoxy) is 2. The zero-order valence-corrected chi connectivity index (χ0v) is 17.8. The second-order valence-electron chi connectivity index (χ2n) is 6.93. The van der Waals surface area contributed by atoms with Crippen LogP contribution in [0.15, 0.2) is 59.3 Å². The van der Waals surface area contributed by atoms with Gasteiger partial charge in [-0.2, -0.15) is 0 Å². The lowest BCUT2D eigenvalue weighted by atomic mass is 9.76.